The minimum atomic E-state index is 0.824. The molecule has 0 N–H and O–H groups in total. The molecule has 1 aromatic rings. The largest absolute Gasteiger partial charge is 0.300 e. The first kappa shape index (κ1) is 17.5. The van der Waals surface area contributed by atoms with Crippen molar-refractivity contribution >= 4 is 0 Å². The quantitative estimate of drug-likeness (QED) is 0.660. The van der Waals surface area contributed by atoms with E-state index in [4.69, 9.17) is 0 Å². The summed E-state index contributed by atoms with van der Waals surface area (Å²) in [6, 6.07) is 11.7. The third kappa shape index (κ3) is 5.73. The molecule has 124 valence electrons. The molecule has 0 bridgehead atoms. The lowest BCUT2D eigenvalue weighted by atomic mass is 10.0. The van der Waals surface area contributed by atoms with Crippen LogP contribution in [0.5, 0.6) is 0 Å². The van der Waals surface area contributed by atoms with Gasteiger partial charge in [0.15, 0.2) is 0 Å². The summed E-state index contributed by atoms with van der Waals surface area (Å²) in [5, 5.41) is 0. The lowest BCUT2D eigenvalue weighted by molar-refractivity contribution is 0.102. The molecule has 2 nitrogen and oxygen atoms in total. The van der Waals surface area contributed by atoms with Crippen LogP contribution in [-0.2, 0) is 6.54 Å². The maximum atomic E-state index is 2.78. The predicted octanol–water partition coefficient (Wildman–Crippen LogP) is 4.55. The number of hydrogen-bond donors (Lipinski definition) is 0. The molecule has 1 heterocycles. The molecule has 0 unspecified atom stereocenters. The van der Waals surface area contributed by atoms with Crippen molar-refractivity contribution in [1.29, 1.82) is 0 Å². The number of piperidine rings is 1. The molecule has 0 aromatic heterocycles. The van der Waals surface area contributed by atoms with Crippen LogP contribution in [0.4, 0.5) is 0 Å². The second-order valence-corrected chi connectivity index (χ2v) is 6.74. The summed E-state index contributed by atoms with van der Waals surface area (Å²) in [7, 11) is 0. The monoisotopic (exact) mass is 302 g/mol. The van der Waals surface area contributed by atoms with Gasteiger partial charge in [0.25, 0.3) is 0 Å². The Labute approximate surface area is 137 Å². The Balaban J connectivity index is 1.78. The van der Waals surface area contributed by atoms with E-state index in [1.165, 1.54) is 70.3 Å². The summed E-state index contributed by atoms with van der Waals surface area (Å²) in [6.45, 7) is 10.9. The van der Waals surface area contributed by atoms with E-state index in [-0.39, 0.29) is 0 Å². The Hall–Kier alpha value is -0.860. The maximum Gasteiger partial charge on any atom is 0.0233 e. The van der Waals surface area contributed by atoms with Gasteiger partial charge in [-0.15, -0.1) is 0 Å². The Morgan fingerprint density at radius 1 is 0.955 bits per heavy atom. The van der Waals surface area contributed by atoms with E-state index >= 15 is 0 Å². The van der Waals surface area contributed by atoms with Crippen molar-refractivity contribution in [2.75, 3.05) is 26.2 Å². The van der Waals surface area contributed by atoms with Crippen molar-refractivity contribution in [3.63, 3.8) is 0 Å². The molecule has 1 aromatic carbocycles. The lowest BCUT2D eigenvalue weighted by Crippen LogP contribution is -2.45. The molecule has 1 aliphatic rings. The molecule has 0 amide bonds. The summed E-state index contributed by atoms with van der Waals surface area (Å²) >= 11 is 0. The Bertz CT molecular complexity index is 374. The summed E-state index contributed by atoms with van der Waals surface area (Å²) < 4.78 is 0. The fourth-order valence-electron chi connectivity index (χ4n) is 3.48. The number of hydrogen-bond acceptors (Lipinski definition) is 2. The third-order valence-corrected chi connectivity index (χ3v) is 4.92. The van der Waals surface area contributed by atoms with Crippen molar-refractivity contribution in [3.05, 3.63) is 35.9 Å². The van der Waals surface area contributed by atoms with Gasteiger partial charge in [-0.05, 0) is 57.4 Å². The van der Waals surface area contributed by atoms with E-state index in [9.17, 15) is 0 Å². The Morgan fingerprint density at radius 3 is 2.09 bits per heavy atom. The van der Waals surface area contributed by atoms with Gasteiger partial charge in [0.1, 0.15) is 0 Å². The SMILES string of the molecule is CCCCN(CCCC)C1CCN(Cc2ccccc2)CC1. The van der Waals surface area contributed by atoms with Crippen molar-refractivity contribution in [1.82, 2.24) is 9.80 Å². The van der Waals surface area contributed by atoms with Crippen LogP contribution < -0.4 is 0 Å². The van der Waals surface area contributed by atoms with E-state index in [1.807, 2.05) is 0 Å². The predicted molar refractivity (Wildman–Crippen MR) is 96.1 cm³/mol. The van der Waals surface area contributed by atoms with Crippen molar-refractivity contribution in [2.24, 2.45) is 0 Å². The van der Waals surface area contributed by atoms with E-state index in [2.05, 4.69) is 54.0 Å². The standard InChI is InChI=1S/C20H34N2/c1-3-5-14-22(15-6-4-2)20-12-16-21(17-13-20)18-19-10-8-7-9-11-19/h7-11,20H,3-6,12-18H2,1-2H3. The fraction of sp³-hybridized carbons (Fsp3) is 0.700. The van der Waals surface area contributed by atoms with Crippen LogP contribution in [0.2, 0.25) is 0 Å². The van der Waals surface area contributed by atoms with Crippen LogP contribution in [0.3, 0.4) is 0 Å². The highest BCUT2D eigenvalue weighted by molar-refractivity contribution is 5.14. The zero-order valence-electron chi connectivity index (χ0n) is 14.6. The highest BCUT2D eigenvalue weighted by Crippen LogP contribution is 2.19. The van der Waals surface area contributed by atoms with Crippen LogP contribution in [-0.4, -0.2) is 42.0 Å². The minimum Gasteiger partial charge on any atom is -0.300 e. The van der Waals surface area contributed by atoms with Gasteiger partial charge in [-0.3, -0.25) is 4.90 Å². The first-order valence-electron chi connectivity index (χ1n) is 9.33. The maximum absolute atomic E-state index is 2.78. The van der Waals surface area contributed by atoms with Crippen LogP contribution in [0.15, 0.2) is 30.3 Å². The molecule has 2 heteroatoms. The minimum absolute atomic E-state index is 0.824. The van der Waals surface area contributed by atoms with Crippen molar-refractivity contribution in [3.8, 4) is 0 Å². The molecule has 0 aliphatic carbocycles. The van der Waals surface area contributed by atoms with Crippen LogP contribution in [0.1, 0.15) is 57.9 Å². The summed E-state index contributed by atoms with van der Waals surface area (Å²) in [4.78, 5) is 5.41. The molecular weight excluding hydrogens is 268 g/mol. The number of nitrogens with zero attached hydrogens (tertiary/aromatic N) is 2. The van der Waals surface area contributed by atoms with Crippen LogP contribution in [0.25, 0.3) is 0 Å². The highest BCUT2D eigenvalue weighted by Gasteiger charge is 2.23. The second-order valence-electron chi connectivity index (χ2n) is 6.74. The molecule has 1 aliphatic heterocycles. The van der Waals surface area contributed by atoms with Gasteiger partial charge in [-0.25, -0.2) is 0 Å². The molecule has 1 saturated heterocycles. The molecule has 0 spiro atoms. The zero-order valence-corrected chi connectivity index (χ0v) is 14.6. The van der Waals surface area contributed by atoms with Gasteiger partial charge in [0.05, 0.1) is 0 Å². The molecule has 0 atom stereocenters. The average Bonchev–Trinajstić information content (AvgIpc) is 2.57. The molecule has 22 heavy (non-hydrogen) atoms. The number of rotatable bonds is 9. The fourth-order valence-corrected chi connectivity index (χ4v) is 3.48. The highest BCUT2D eigenvalue weighted by atomic mass is 15.2. The molecule has 1 fully saturated rings. The number of unbranched alkanes of at least 4 members (excludes halogenated alkanes) is 2. The molecule has 2 rings (SSSR count). The smallest absolute Gasteiger partial charge is 0.0233 e. The van der Waals surface area contributed by atoms with Crippen LogP contribution >= 0.6 is 0 Å². The van der Waals surface area contributed by atoms with Gasteiger partial charge in [-0.1, -0.05) is 57.0 Å². The third-order valence-electron chi connectivity index (χ3n) is 4.92. The van der Waals surface area contributed by atoms with Crippen molar-refractivity contribution in [2.45, 2.75) is 65.0 Å². The van der Waals surface area contributed by atoms with Crippen molar-refractivity contribution < 1.29 is 0 Å². The topological polar surface area (TPSA) is 6.48 Å². The first-order valence-corrected chi connectivity index (χ1v) is 9.33. The van der Waals surface area contributed by atoms with Gasteiger partial charge in [-0.2, -0.15) is 0 Å². The molecule has 0 saturated carbocycles. The molecule has 0 radical (unpaired) electrons. The Morgan fingerprint density at radius 2 is 1.55 bits per heavy atom. The summed E-state index contributed by atoms with van der Waals surface area (Å²) in [5.74, 6) is 0. The van der Waals surface area contributed by atoms with Gasteiger partial charge in [0, 0.05) is 12.6 Å². The second kappa shape index (κ2) is 10.0. The van der Waals surface area contributed by atoms with E-state index < -0.39 is 0 Å². The Kier molecular flexibility index (Phi) is 7.96. The van der Waals surface area contributed by atoms with E-state index in [1.54, 1.807) is 0 Å². The number of benzene rings is 1. The zero-order chi connectivity index (χ0) is 15.6. The van der Waals surface area contributed by atoms with Gasteiger partial charge in [0.2, 0.25) is 0 Å². The summed E-state index contributed by atoms with van der Waals surface area (Å²) in [6.07, 6.45) is 8.04. The summed E-state index contributed by atoms with van der Waals surface area (Å²) in [5.41, 5.74) is 1.45. The normalized spacial score (nSPS) is 17.2. The lowest BCUT2D eigenvalue weighted by Gasteiger charge is -2.38. The van der Waals surface area contributed by atoms with E-state index in [0.717, 1.165) is 12.6 Å². The molecular formula is C20H34N2. The van der Waals surface area contributed by atoms with Gasteiger partial charge >= 0.3 is 0 Å². The van der Waals surface area contributed by atoms with E-state index in [0.29, 0.717) is 0 Å². The average molecular weight is 303 g/mol. The van der Waals surface area contributed by atoms with Gasteiger partial charge < -0.3 is 4.90 Å². The number of likely N-dealkylation sites (tertiary alicyclic amines) is 1. The first-order chi connectivity index (χ1) is 10.8. The van der Waals surface area contributed by atoms with Crippen LogP contribution in [0, 0.1) is 0 Å².